The topological polar surface area (TPSA) is 63.9 Å². The number of aryl methyl sites for hydroxylation is 1. The molecule has 7 heteroatoms. The minimum atomic E-state index is 0.127. The summed E-state index contributed by atoms with van der Waals surface area (Å²) in [6.45, 7) is 1.46. The van der Waals surface area contributed by atoms with Crippen molar-refractivity contribution in [3.05, 3.63) is 52.9 Å². The van der Waals surface area contributed by atoms with Crippen molar-refractivity contribution in [2.75, 3.05) is 13.1 Å². The number of likely N-dealkylation sites (tertiary alicyclic amines) is 1. The van der Waals surface area contributed by atoms with Crippen LogP contribution < -0.4 is 0 Å². The van der Waals surface area contributed by atoms with Gasteiger partial charge in [-0.1, -0.05) is 29.8 Å². The van der Waals surface area contributed by atoms with Gasteiger partial charge in [0.15, 0.2) is 5.65 Å². The molecule has 0 N–H and O–H groups in total. The maximum atomic E-state index is 12.6. The second-order valence-electron chi connectivity index (χ2n) is 6.66. The van der Waals surface area contributed by atoms with Gasteiger partial charge in [-0.2, -0.15) is 5.10 Å². The second kappa shape index (κ2) is 7.03. The molecule has 0 spiro atoms. The van der Waals surface area contributed by atoms with E-state index < -0.39 is 0 Å². The number of carbonyl (C=O) groups excluding carboxylic acids is 1. The Balaban J connectivity index is 1.44. The minimum absolute atomic E-state index is 0.127. The largest absolute Gasteiger partial charge is 0.342 e. The van der Waals surface area contributed by atoms with Crippen LogP contribution in [0.15, 0.2) is 36.7 Å². The van der Waals surface area contributed by atoms with Crippen LogP contribution in [0.25, 0.3) is 11.2 Å². The van der Waals surface area contributed by atoms with Crippen molar-refractivity contribution < 1.29 is 4.79 Å². The number of hydrogen-bond donors (Lipinski definition) is 0. The Kier molecular flexibility index (Phi) is 4.59. The van der Waals surface area contributed by atoms with Crippen LogP contribution in [-0.4, -0.2) is 43.6 Å². The fraction of sp³-hybridized carbons (Fsp3) is 0.368. The highest BCUT2D eigenvalue weighted by atomic mass is 35.5. The van der Waals surface area contributed by atoms with Crippen LogP contribution in [0.4, 0.5) is 0 Å². The average Bonchev–Trinajstić information content (AvgIpc) is 3.01. The number of hydrogen-bond acceptors (Lipinski definition) is 4. The Labute approximate surface area is 156 Å². The van der Waals surface area contributed by atoms with Crippen LogP contribution in [0.3, 0.4) is 0 Å². The molecule has 0 aliphatic carbocycles. The number of aromatic nitrogens is 4. The highest BCUT2D eigenvalue weighted by molar-refractivity contribution is 6.31. The van der Waals surface area contributed by atoms with E-state index in [1.165, 1.54) is 0 Å². The summed E-state index contributed by atoms with van der Waals surface area (Å²) < 4.78 is 1.78. The Morgan fingerprint density at radius 2 is 1.92 bits per heavy atom. The van der Waals surface area contributed by atoms with Crippen LogP contribution in [0, 0.1) is 0 Å². The molecule has 0 radical (unpaired) electrons. The number of carbonyl (C=O) groups is 1. The first-order valence-electron chi connectivity index (χ1n) is 8.78. The van der Waals surface area contributed by atoms with Crippen LogP contribution in [0.2, 0.25) is 5.02 Å². The summed E-state index contributed by atoms with van der Waals surface area (Å²) in [6.07, 6.45) is 5.51. The van der Waals surface area contributed by atoms with Gasteiger partial charge in [-0.05, 0) is 24.5 Å². The number of amides is 1. The first-order valence-corrected chi connectivity index (χ1v) is 9.16. The van der Waals surface area contributed by atoms with E-state index in [1.54, 1.807) is 17.1 Å². The van der Waals surface area contributed by atoms with Crippen molar-refractivity contribution in [1.29, 1.82) is 0 Å². The second-order valence-corrected chi connectivity index (χ2v) is 7.07. The van der Waals surface area contributed by atoms with Crippen molar-refractivity contribution in [1.82, 2.24) is 24.6 Å². The molecule has 3 aromatic rings. The third kappa shape index (κ3) is 3.17. The number of piperidine rings is 1. The summed E-state index contributed by atoms with van der Waals surface area (Å²) >= 11 is 6.17. The molecule has 26 heavy (non-hydrogen) atoms. The van der Waals surface area contributed by atoms with Crippen molar-refractivity contribution in [2.24, 2.45) is 7.05 Å². The molecular weight excluding hydrogens is 350 g/mol. The van der Waals surface area contributed by atoms with Gasteiger partial charge in [0.2, 0.25) is 5.91 Å². The molecule has 0 unspecified atom stereocenters. The zero-order valence-corrected chi connectivity index (χ0v) is 15.4. The van der Waals surface area contributed by atoms with Gasteiger partial charge in [-0.25, -0.2) is 14.6 Å². The predicted octanol–water partition coefficient (Wildman–Crippen LogP) is 2.97. The lowest BCUT2D eigenvalue weighted by atomic mass is 9.92. The third-order valence-electron chi connectivity index (χ3n) is 5.02. The maximum Gasteiger partial charge on any atom is 0.227 e. The maximum absolute atomic E-state index is 12.6. The zero-order valence-electron chi connectivity index (χ0n) is 14.6. The molecule has 0 bridgehead atoms. The van der Waals surface area contributed by atoms with Crippen LogP contribution in [-0.2, 0) is 18.3 Å². The van der Waals surface area contributed by atoms with Gasteiger partial charge in [0.1, 0.15) is 5.52 Å². The fourth-order valence-electron chi connectivity index (χ4n) is 3.60. The van der Waals surface area contributed by atoms with Gasteiger partial charge < -0.3 is 4.90 Å². The number of rotatable bonds is 3. The number of fused-ring (bicyclic) bond motifs is 1. The lowest BCUT2D eigenvalue weighted by Crippen LogP contribution is -2.39. The molecule has 1 aliphatic rings. The van der Waals surface area contributed by atoms with Crippen molar-refractivity contribution >= 4 is 28.7 Å². The third-order valence-corrected chi connectivity index (χ3v) is 5.39. The Hall–Kier alpha value is -2.47. The molecule has 6 nitrogen and oxygen atoms in total. The van der Waals surface area contributed by atoms with Gasteiger partial charge in [0.25, 0.3) is 0 Å². The highest BCUT2D eigenvalue weighted by Crippen LogP contribution is 2.31. The quantitative estimate of drug-likeness (QED) is 0.712. The molecule has 0 atom stereocenters. The van der Waals surface area contributed by atoms with Gasteiger partial charge >= 0.3 is 0 Å². The van der Waals surface area contributed by atoms with E-state index in [0.717, 1.165) is 48.4 Å². The molecule has 2 aromatic heterocycles. The molecule has 1 aromatic carbocycles. The lowest BCUT2D eigenvalue weighted by Gasteiger charge is -2.31. The zero-order chi connectivity index (χ0) is 18.1. The summed E-state index contributed by atoms with van der Waals surface area (Å²) in [5.41, 5.74) is 3.55. The molecule has 1 saturated heterocycles. The summed E-state index contributed by atoms with van der Waals surface area (Å²) in [5, 5.41) is 5.28. The molecular formula is C19H20ClN5O. The summed E-state index contributed by atoms with van der Waals surface area (Å²) in [6, 6.07) is 7.52. The van der Waals surface area contributed by atoms with E-state index in [2.05, 4.69) is 15.1 Å². The molecule has 1 amide bonds. The van der Waals surface area contributed by atoms with E-state index in [4.69, 9.17) is 11.6 Å². The summed E-state index contributed by atoms with van der Waals surface area (Å²) in [7, 11) is 1.89. The number of nitrogens with zero attached hydrogens (tertiary/aromatic N) is 5. The van der Waals surface area contributed by atoms with Crippen molar-refractivity contribution in [2.45, 2.75) is 25.2 Å². The standard InChI is InChI=1S/C19H20ClN5O/c1-24-19-18(21-8-9-22-19)17(23-24)13-6-10-25(11-7-13)16(26)12-14-4-2-3-5-15(14)20/h2-5,8-9,13H,6-7,10-12H2,1H3. The van der Waals surface area contributed by atoms with Gasteiger partial charge in [0.05, 0.1) is 12.1 Å². The SMILES string of the molecule is Cn1nc(C2CCN(C(=O)Cc3ccccc3Cl)CC2)c2nccnc21. The van der Waals surface area contributed by atoms with Crippen molar-refractivity contribution in [3.63, 3.8) is 0 Å². The molecule has 3 heterocycles. The first kappa shape index (κ1) is 17.0. The van der Waals surface area contributed by atoms with Gasteiger partial charge in [-0.15, -0.1) is 0 Å². The monoisotopic (exact) mass is 369 g/mol. The summed E-state index contributed by atoms with van der Waals surface area (Å²) in [5.74, 6) is 0.432. The van der Waals surface area contributed by atoms with Crippen LogP contribution >= 0.6 is 11.6 Å². The molecule has 134 valence electrons. The molecule has 1 fully saturated rings. The fourth-order valence-corrected chi connectivity index (χ4v) is 3.80. The van der Waals surface area contributed by atoms with Crippen LogP contribution in [0.1, 0.15) is 30.0 Å². The predicted molar refractivity (Wildman–Crippen MR) is 100 cm³/mol. The minimum Gasteiger partial charge on any atom is -0.342 e. The summed E-state index contributed by atoms with van der Waals surface area (Å²) in [4.78, 5) is 23.3. The van der Waals surface area contributed by atoms with E-state index in [1.807, 2.05) is 36.2 Å². The average molecular weight is 370 g/mol. The normalized spacial score (nSPS) is 15.5. The van der Waals surface area contributed by atoms with E-state index >= 15 is 0 Å². The Morgan fingerprint density at radius 3 is 2.69 bits per heavy atom. The smallest absolute Gasteiger partial charge is 0.227 e. The number of halogens is 1. The molecule has 0 saturated carbocycles. The first-order chi connectivity index (χ1) is 12.6. The van der Waals surface area contributed by atoms with Gasteiger partial charge in [0, 0.05) is 43.5 Å². The van der Waals surface area contributed by atoms with Crippen molar-refractivity contribution in [3.8, 4) is 0 Å². The van der Waals surface area contributed by atoms with Crippen LogP contribution in [0.5, 0.6) is 0 Å². The van der Waals surface area contributed by atoms with Gasteiger partial charge in [-0.3, -0.25) is 4.79 Å². The molecule has 4 rings (SSSR count). The Morgan fingerprint density at radius 1 is 1.19 bits per heavy atom. The van der Waals surface area contributed by atoms with E-state index in [0.29, 0.717) is 17.4 Å². The lowest BCUT2D eigenvalue weighted by molar-refractivity contribution is -0.131. The molecule has 1 aliphatic heterocycles. The number of benzene rings is 1. The Bertz CT molecular complexity index is 946. The van der Waals surface area contributed by atoms with E-state index in [9.17, 15) is 4.79 Å². The highest BCUT2D eigenvalue weighted by Gasteiger charge is 2.28. The van der Waals surface area contributed by atoms with E-state index in [-0.39, 0.29) is 5.91 Å².